The zero-order chi connectivity index (χ0) is 4.12. The van der Waals surface area contributed by atoms with E-state index in [9.17, 15) is 0 Å². The molecule has 0 bridgehead atoms. The average molecular weight is 123 g/mol. The first kappa shape index (κ1) is 9.92. The van der Waals surface area contributed by atoms with Crippen LogP contribution in [0.15, 0.2) is 0 Å². The summed E-state index contributed by atoms with van der Waals surface area (Å²) in [6, 6.07) is 0. The third kappa shape index (κ3) is 8.84. The predicted octanol–water partition coefficient (Wildman–Crippen LogP) is -2.65. The van der Waals surface area contributed by atoms with Gasteiger partial charge in [0.25, 0.3) is 0 Å². The van der Waals surface area contributed by atoms with E-state index in [-0.39, 0.29) is 12.4 Å². The molecule has 0 radical (unpaired) electrons. The number of hydrogen-bond acceptors (Lipinski definition) is 1. The standard InChI is InChI=1S/C2H5O.CH3.Al.ClH/c1-3-2;;;/h1H2,2H3;1H3;;1H/q;;+1;/p-1. The first-order valence-electron chi connectivity index (χ1n) is 1.68. The van der Waals surface area contributed by atoms with E-state index in [1.165, 1.54) is 0 Å². The Labute approximate surface area is 51.2 Å². The zero-order valence-corrected chi connectivity index (χ0v) is 5.98. The van der Waals surface area contributed by atoms with Crippen LogP contribution in [0.2, 0.25) is 5.79 Å². The van der Waals surface area contributed by atoms with Crippen LogP contribution in [-0.4, -0.2) is 27.8 Å². The van der Waals surface area contributed by atoms with Crippen molar-refractivity contribution < 1.29 is 17.1 Å². The third-order valence-corrected chi connectivity index (χ3v) is 1.00. The van der Waals surface area contributed by atoms with E-state index in [0.29, 0.717) is 15.2 Å². The molecule has 0 aromatic carbocycles. The van der Waals surface area contributed by atoms with E-state index < -0.39 is 0 Å². The Morgan fingerprint density at radius 3 is 2.17 bits per heavy atom. The normalized spacial score (nSPS) is 5.67. The van der Waals surface area contributed by atoms with Crippen molar-refractivity contribution in [1.82, 2.24) is 0 Å². The van der Waals surface area contributed by atoms with Gasteiger partial charge in [-0.3, -0.25) is 0 Å². The molecule has 0 saturated heterocycles. The van der Waals surface area contributed by atoms with E-state index in [1.54, 1.807) is 7.11 Å². The molecule has 0 aliphatic heterocycles. The van der Waals surface area contributed by atoms with Crippen LogP contribution < -0.4 is 12.4 Å². The summed E-state index contributed by atoms with van der Waals surface area (Å²) in [5.41, 5.74) is 0.972. The van der Waals surface area contributed by atoms with Crippen LogP contribution >= 0.6 is 0 Å². The minimum Gasteiger partial charge on any atom is -1.00 e. The maximum Gasteiger partial charge on any atom is -1.00 e. The van der Waals surface area contributed by atoms with Gasteiger partial charge in [0.1, 0.15) is 0 Å². The molecular formula is C3H8AlClO. The van der Waals surface area contributed by atoms with Gasteiger partial charge in [0.2, 0.25) is 0 Å². The molecular weight excluding hydrogens is 114 g/mol. The molecule has 0 rings (SSSR count). The summed E-state index contributed by atoms with van der Waals surface area (Å²) in [6.45, 7) is 0. The molecule has 0 aliphatic rings. The van der Waals surface area contributed by atoms with Gasteiger partial charge >= 0.3 is 38.3 Å². The van der Waals surface area contributed by atoms with Crippen molar-refractivity contribution in [3.05, 3.63) is 0 Å². The van der Waals surface area contributed by atoms with Gasteiger partial charge in [-0.2, -0.15) is 0 Å². The van der Waals surface area contributed by atoms with E-state index in [4.69, 9.17) is 4.74 Å². The van der Waals surface area contributed by atoms with Gasteiger partial charge in [-0.05, 0) is 0 Å². The number of hydrogen-bond donors (Lipinski definition) is 0. The zero-order valence-electron chi connectivity index (χ0n) is 4.07. The average Bonchev–Trinajstić information content (AvgIpc) is 1.41. The molecule has 0 aromatic heterocycles. The Morgan fingerprint density at radius 1 is 1.67 bits per heavy atom. The van der Waals surface area contributed by atoms with Crippen molar-refractivity contribution in [3.8, 4) is 0 Å². The molecule has 0 heterocycles. The van der Waals surface area contributed by atoms with Crippen LogP contribution in [0.5, 0.6) is 0 Å². The second-order valence-electron chi connectivity index (χ2n) is 0.864. The van der Waals surface area contributed by atoms with Gasteiger partial charge in [-0.1, -0.05) is 0 Å². The predicted molar refractivity (Wildman–Crippen MR) is 23.5 cm³/mol. The van der Waals surface area contributed by atoms with Gasteiger partial charge in [-0.25, -0.2) is 0 Å². The maximum atomic E-state index is 4.73. The van der Waals surface area contributed by atoms with E-state index in [0.717, 1.165) is 5.47 Å². The second kappa shape index (κ2) is 9.24. The van der Waals surface area contributed by atoms with Crippen molar-refractivity contribution >= 4 is 15.2 Å². The van der Waals surface area contributed by atoms with Crippen molar-refractivity contribution in [1.29, 1.82) is 0 Å². The summed E-state index contributed by atoms with van der Waals surface area (Å²) in [5.74, 6) is 2.17. The second-order valence-corrected chi connectivity index (χ2v) is 2.01. The van der Waals surface area contributed by atoms with Gasteiger partial charge < -0.3 is 12.4 Å². The molecule has 0 amide bonds. The summed E-state index contributed by atoms with van der Waals surface area (Å²) in [5, 5.41) is 0. The van der Waals surface area contributed by atoms with Crippen LogP contribution in [0, 0.1) is 0 Å². The Kier molecular flexibility index (Phi) is 15.3. The van der Waals surface area contributed by atoms with Crippen molar-refractivity contribution in [2.45, 2.75) is 5.79 Å². The third-order valence-electron chi connectivity index (χ3n) is 0.333. The molecule has 36 valence electrons. The minimum atomic E-state index is 0. The Balaban J connectivity index is 0. The quantitative estimate of drug-likeness (QED) is 0.364. The Morgan fingerprint density at radius 2 is 2.17 bits per heavy atom. The van der Waals surface area contributed by atoms with Crippen molar-refractivity contribution in [3.63, 3.8) is 0 Å². The first-order chi connectivity index (χ1) is 2.41. The van der Waals surface area contributed by atoms with Crippen LogP contribution in [0.3, 0.4) is 0 Å². The fourth-order valence-electron chi connectivity index (χ4n) is 0.167. The first-order valence-corrected chi connectivity index (χ1v) is 3.65. The van der Waals surface area contributed by atoms with Gasteiger partial charge in [0, 0.05) is 0 Å². The summed E-state index contributed by atoms with van der Waals surface area (Å²) in [6.07, 6.45) is 0. The fourth-order valence-corrected chi connectivity index (χ4v) is 0.500. The summed E-state index contributed by atoms with van der Waals surface area (Å²) >= 11 is 0.564. The van der Waals surface area contributed by atoms with Crippen LogP contribution in [0.25, 0.3) is 0 Å². The number of methoxy groups -OCH3 is 1. The molecule has 0 aromatic rings. The molecule has 0 saturated carbocycles. The summed E-state index contributed by atoms with van der Waals surface area (Å²) < 4.78 is 4.73. The molecule has 3 heteroatoms. The van der Waals surface area contributed by atoms with Gasteiger partial charge in [0.05, 0.1) is 0 Å². The molecule has 0 unspecified atom stereocenters. The van der Waals surface area contributed by atoms with Crippen molar-refractivity contribution in [2.75, 3.05) is 12.6 Å². The monoisotopic (exact) mass is 122 g/mol. The van der Waals surface area contributed by atoms with E-state index in [2.05, 4.69) is 5.79 Å². The smallest absolute Gasteiger partial charge is 1.00 e. The van der Waals surface area contributed by atoms with E-state index in [1.807, 2.05) is 0 Å². The molecule has 1 nitrogen and oxygen atoms in total. The molecule has 0 fully saturated rings. The molecule has 6 heavy (non-hydrogen) atoms. The van der Waals surface area contributed by atoms with Gasteiger partial charge in [0.15, 0.2) is 0 Å². The summed E-state index contributed by atoms with van der Waals surface area (Å²) in [7, 11) is 1.73. The number of ether oxygens (including phenoxy) is 1. The Bertz CT molecular complexity index is 18.3. The largest absolute Gasteiger partial charge is 1.00 e. The number of rotatable bonds is 2. The van der Waals surface area contributed by atoms with Crippen molar-refractivity contribution in [2.24, 2.45) is 0 Å². The minimum absolute atomic E-state index is 0. The fraction of sp³-hybridized carbons (Fsp3) is 1.00. The van der Waals surface area contributed by atoms with Gasteiger partial charge in [-0.15, -0.1) is 0 Å². The van der Waals surface area contributed by atoms with Crippen LogP contribution in [0.4, 0.5) is 0 Å². The molecule has 0 aliphatic carbocycles. The SMILES string of the molecule is CO[CH2][Al+][CH3].[Cl-]. The molecule has 0 atom stereocenters. The maximum absolute atomic E-state index is 4.73. The van der Waals surface area contributed by atoms with Crippen LogP contribution in [-0.2, 0) is 4.74 Å². The molecule has 0 spiro atoms. The summed E-state index contributed by atoms with van der Waals surface area (Å²) in [4.78, 5) is 0. The van der Waals surface area contributed by atoms with E-state index >= 15 is 0 Å². The molecule has 0 N–H and O–H groups in total. The number of halogens is 1. The van der Waals surface area contributed by atoms with Crippen LogP contribution in [0.1, 0.15) is 0 Å². The topological polar surface area (TPSA) is 9.23 Å². The Hall–Kier alpha value is 0.782.